The molecule has 0 radical (unpaired) electrons. The van der Waals surface area contributed by atoms with E-state index in [1.54, 1.807) is 10.6 Å². The number of amides is 1. The van der Waals surface area contributed by atoms with Crippen LogP contribution in [0.2, 0.25) is 0 Å². The lowest BCUT2D eigenvalue weighted by Gasteiger charge is -2.32. The maximum absolute atomic E-state index is 14.6. The number of nitrogens with zero attached hydrogens (tertiary/aromatic N) is 3. The highest BCUT2D eigenvalue weighted by Crippen LogP contribution is 2.35. The summed E-state index contributed by atoms with van der Waals surface area (Å²) in [4.78, 5) is 20.0. The number of piperidine rings is 1. The first-order valence-corrected chi connectivity index (χ1v) is 16.0. The molecule has 2 heterocycles. The van der Waals surface area contributed by atoms with Gasteiger partial charge in [0.15, 0.2) is 6.30 Å². The van der Waals surface area contributed by atoms with Crippen LogP contribution in [0, 0.1) is 12.8 Å². The number of rotatable bonds is 7. The molecule has 1 aliphatic rings. The fraction of sp³-hybridized carbons (Fsp3) is 0.421. The molecular formula is C38H46F3N3O. The lowest BCUT2D eigenvalue weighted by molar-refractivity contribution is 0.0174. The fourth-order valence-electron chi connectivity index (χ4n) is 5.78. The number of carbonyl (C=O) groups is 1. The Balaban J connectivity index is 0.000000854. The number of imidazole rings is 1. The molecule has 1 unspecified atom stereocenters. The SMILES string of the molecule is C/C=C(/c1cccc(C(C)(F)F)c1)c1ccc(C(=O)N2CCC(c3nc4ccccc4n3C(C)F)CC2)cc1C.CCC(C)C. The van der Waals surface area contributed by atoms with Crippen molar-refractivity contribution < 1.29 is 18.0 Å². The molecule has 240 valence electrons. The van der Waals surface area contributed by atoms with E-state index in [-0.39, 0.29) is 17.4 Å². The summed E-state index contributed by atoms with van der Waals surface area (Å²) in [6.45, 7) is 14.0. The molecule has 0 spiro atoms. The van der Waals surface area contributed by atoms with Gasteiger partial charge in [0.25, 0.3) is 11.8 Å². The first-order valence-electron chi connectivity index (χ1n) is 16.0. The minimum atomic E-state index is -2.93. The Hall–Kier alpha value is -3.87. The zero-order valence-electron chi connectivity index (χ0n) is 27.6. The van der Waals surface area contributed by atoms with E-state index in [4.69, 9.17) is 4.98 Å². The van der Waals surface area contributed by atoms with Crippen LogP contribution in [-0.4, -0.2) is 33.4 Å². The number of alkyl halides is 3. The first-order chi connectivity index (χ1) is 21.3. The van der Waals surface area contributed by atoms with Crippen molar-refractivity contribution in [3.8, 4) is 0 Å². The number of benzene rings is 3. The van der Waals surface area contributed by atoms with Crippen molar-refractivity contribution in [1.82, 2.24) is 14.5 Å². The summed E-state index contributed by atoms with van der Waals surface area (Å²) in [5.74, 6) is -1.27. The molecule has 1 aliphatic heterocycles. The van der Waals surface area contributed by atoms with Crippen LogP contribution >= 0.6 is 0 Å². The molecule has 3 aromatic carbocycles. The number of allylic oxidation sites excluding steroid dienone is 1. The molecule has 0 aliphatic carbocycles. The second-order valence-electron chi connectivity index (χ2n) is 12.5. The number of aromatic nitrogens is 2. The number of hydrogen-bond donors (Lipinski definition) is 0. The number of likely N-dealkylation sites (tertiary alicyclic amines) is 1. The fourth-order valence-corrected chi connectivity index (χ4v) is 5.78. The Morgan fingerprint density at radius 2 is 1.67 bits per heavy atom. The predicted molar refractivity (Wildman–Crippen MR) is 179 cm³/mol. The summed E-state index contributed by atoms with van der Waals surface area (Å²) in [5, 5.41) is 0. The zero-order valence-corrected chi connectivity index (χ0v) is 27.6. The third kappa shape index (κ3) is 7.86. The summed E-state index contributed by atoms with van der Waals surface area (Å²) >= 11 is 0. The van der Waals surface area contributed by atoms with Crippen LogP contribution in [0.25, 0.3) is 16.6 Å². The van der Waals surface area contributed by atoms with Gasteiger partial charge in [-0.05, 0) is 92.1 Å². The molecule has 5 rings (SSSR count). The molecule has 0 saturated carbocycles. The number of fused-ring (bicyclic) bond motifs is 1. The van der Waals surface area contributed by atoms with E-state index in [2.05, 4.69) is 20.8 Å². The second kappa shape index (κ2) is 14.5. The monoisotopic (exact) mass is 617 g/mol. The van der Waals surface area contributed by atoms with Crippen molar-refractivity contribution in [2.45, 2.75) is 85.9 Å². The molecule has 0 N–H and O–H groups in total. The molecule has 1 fully saturated rings. The van der Waals surface area contributed by atoms with Crippen LogP contribution in [0.15, 0.2) is 72.8 Å². The van der Waals surface area contributed by atoms with Gasteiger partial charge in [-0.15, -0.1) is 0 Å². The molecule has 1 amide bonds. The van der Waals surface area contributed by atoms with Crippen molar-refractivity contribution in [2.24, 2.45) is 5.92 Å². The summed E-state index contributed by atoms with van der Waals surface area (Å²) in [6, 6.07) is 19.6. The zero-order chi connectivity index (χ0) is 32.9. The minimum Gasteiger partial charge on any atom is -0.339 e. The molecule has 4 nitrogen and oxygen atoms in total. The Kier molecular flexibility index (Phi) is 10.9. The summed E-state index contributed by atoms with van der Waals surface area (Å²) in [7, 11) is 0. The Bertz CT molecular complexity index is 1640. The maximum atomic E-state index is 14.6. The van der Waals surface area contributed by atoms with Crippen LogP contribution in [0.3, 0.4) is 0 Å². The smallest absolute Gasteiger partial charge is 0.270 e. The van der Waals surface area contributed by atoms with Gasteiger partial charge in [-0.25, -0.2) is 18.2 Å². The van der Waals surface area contributed by atoms with E-state index < -0.39 is 12.2 Å². The van der Waals surface area contributed by atoms with E-state index in [1.165, 1.54) is 25.5 Å². The van der Waals surface area contributed by atoms with Crippen molar-refractivity contribution in [3.05, 3.63) is 106 Å². The molecule has 1 aromatic heterocycles. The summed E-state index contributed by atoms with van der Waals surface area (Å²) in [5.41, 5.74) is 5.47. The summed E-state index contributed by atoms with van der Waals surface area (Å²) in [6.07, 6.45) is 3.44. The lowest BCUT2D eigenvalue weighted by atomic mass is 9.91. The van der Waals surface area contributed by atoms with Gasteiger partial charge in [-0.2, -0.15) is 0 Å². The van der Waals surface area contributed by atoms with Crippen LogP contribution in [0.5, 0.6) is 0 Å². The van der Waals surface area contributed by atoms with E-state index in [0.29, 0.717) is 37.1 Å². The third-order valence-corrected chi connectivity index (χ3v) is 8.68. The number of aryl methyl sites for hydroxylation is 1. The second-order valence-corrected chi connectivity index (χ2v) is 12.5. The van der Waals surface area contributed by atoms with Gasteiger partial charge in [0.1, 0.15) is 5.82 Å². The molecule has 0 bridgehead atoms. The molecule has 7 heteroatoms. The molecular weight excluding hydrogens is 571 g/mol. The lowest BCUT2D eigenvalue weighted by Crippen LogP contribution is -2.38. The summed E-state index contributed by atoms with van der Waals surface area (Å²) < 4.78 is 44.2. The van der Waals surface area contributed by atoms with Crippen molar-refractivity contribution >= 4 is 22.5 Å². The average Bonchev–Trinajstić information content (AvgIpc) is 3.42. The predicted octanol–water partition coefficient (Wildman–Crippen LogP) is 10.5. The number of hydrogen-bond acceptors (Lipinski definition) is 2. The van der Waals surface area contributed by atoms with Crippen molar-refractivity contribution in [2.75, 3.05) is 13.1 Å². The number of para-hydroxylation sites is 2. The highest BCUT2D eigenvalue weighted by molar-refractivity contribution is 5.95. The molecule has 1 atom stereocenters. The van der Waals surface area contributed by atoms with Gasteiger partial charge < -0.3 is 4.90 Å². The maximum Gasteiger partial charge on any atom is 0.270 e. The van der Waals surface area contributed by atoms with E-state index in [9.17, 15) is 18.0 Å². The number of halogens is 3. The van der Waals surface area contributed by atoms with Gasteiger partial charge in [0.2, 0.25) is 0 Å². The van der Waals surface area contributed by atoms with Crippen molar-refractivity contribution in [3.63, 3.8) is 0 Å². The van der Waals surface area contributed by atoms with Gasteiger partial charge in [-0.1, -0.05) is 69.7 Å². The van der Waals surface area contributed by atoms with Crippen molar-refractivity contribution in [1.29, 1.82) is 0 Å². The number of carbonyl (C=O) groups excluding carboxylic acids is 1. The highest BCUT2D eigenvalue weighted by Gasteiger charge is 2.30. The van der Waals surface area contributed by atoms with Crippen LogP contribution in [0.4, 0.5) is 13.2 Å². The standard InChI is InChI=1S/C33H34F3N3O.C5H12/c1-5-27(24-9-8-10-26(20-24)33(4,35)36)28-14-13-25(19-21(28)2)32(40)38-17-15-23(16-18-38)31-37-29-11-6-7-12-30(29)39(31)22(3)34;1-4-5(2)3/h5-14,19-20,22-23H,15-18H2,1-4H3;5H,4H2,1-3H3/b27-5-;. The molecule has 4 aromatic rings. The van der Waals surface area contributed by atoms with E-state index in [0.717, 1.165) is 46.4 Å². The van der Waals surface area contributed by atoms with Gasteiger partial charge in [-0.3, -0.25) is 9.36 Å². The van der Waals surface area contributed by atoms with E-state index >= 15 is 0 Å². The van der Waals surface area contributed by atoms with Crippen LogP contribution in [-0.2, 0) is 5.92 Å². The van der Waals surface area contributed by atoms with E-state index in [1.807, 2.05) is 73.4 Å². The molecule has 45 heavy (non-hydrogen) atoms. The Labute approximate surface area is 266 Å². The first kappa shape index (κ1) is 34.0. The topological polar surface area (TPSA) is 38.1 Å². The Morgan fingerprint density at radius 1 is 1.00 bits per heavy atom. The van der Waals surface area contributed by atoms with Crippen LogP contribution < -0.4 is 0 Å². The average molecular weight is 618 g/mol. The quantitative estimate of drug-likeness (QED) is 0.207. The highest BCUT2D eigenvalue weighted by atomic mass is 19.3. The van der Waals surface area contributed by atoms with Gasteiger partial charge in [0, 0.05) is 37.1 Å². The third-order valence-electron chi connectivity index (χ3n) is 8.68. The van der Waals surface area contributed by atoms with Crippen LogP contribution in [0.1, 0.15) is 111 Å². The Morgan fingerprint density at radius 3 is 2.24 bits per heavy atom. The van der Waals surface area contributed by atoms with Gasteiger partial charge >= 0.3 is 0 Å². The largest absolute Gasteiger partial charge is 0.339 e. The normalized spacial score (nSPS) is 15.3. The molecule has 1 saturated heterocycles. The van der Waals surface area contributed by atoms with Gasteiger partial charge in [0.05, 0.1) is 11.0 Å². The minimum absolute atomic E-state index is 0.0336.